The quantitative estimate of drug-likeness (QED) is 0.675. The second kappa shape index (κ2) is 7.35. The lowest BCUT2D eigenvalue weighted by molar-refractivity contribution is 0.398. The maximum absolute atomic E-state index is 5.37. The third kappa shape index (κ3) is 3.34. The van der Waals surface area contributed by atoms with Gasteiger partial charge in [0.2, 0.25) is 5.88 Å². The Balaban J connectivity index is 1.87. The van der Waals surface area contributed by atoms with Gasteiger partial charge in [-0.05, 0) is 73.5 Å². The van der Waals surface area contributed by atoms with Crippen LogP contribution in [0.5, 0.6) is 5.88 Å². The monoisotopic (exact) mass is 363 g/mol. The molecule has 0 aliphatic carbocycles. The molecule has 0 radical (unpaired) electrons. The van der Waals surface area contributed by atoms with Gasteiger partial charge in [-0.2, -0.15) is 0 Å². The van der Waals surface area contributed by atoms with Crippen molar-refractivity contribution in [2.24, 2.45) is 0 Å². The number of benzene rings is 1. The maximum Gasteiger partial charge on any atom is 0.213 e. The van der Waals surface area contributed by atoms with E-state index in [-0.39, 0.29) is 0 Å². The molecule has 0 unspecified atom stereocenters. The summed E-state index contributed by atoms with van der Waals surface area (Å²) in [6.45, 7) is 8.90. The molecule has 1 aromatic carbocycles. The molecule has 1 aliphatic rings. The Bertz CT molecular complexity index is 952. The third-order valence-electron chi connectivity index (χ3n) is 5.81. The molecular weight excluding hydrogens is 334 g/mol. The molecule has 0 saturated carbocycles. The average molecular weight is 364 g/mol. The number of hydrogen-bond acceptors (Lipinski definition) is 3. The van der Waals surface area contributed by atoms with Crippen LogP contribution in [0.4, 0.5) is 0 Å². The molecule has 4 heteroatoms. The minimum absolute atomic E-state index is 0.426. The van der Waals surface area contributed by atoms with Gasteiger partial charge < -0.3 is 15.0 Å². The Hall–Kier alpha value is -2.33. The van der Waals surface area contributed by atoms with E-state index in [1.807, 2.05) is 12.3 Å². The molecule has 1 aliphatic heterocycles. The fraction of sp³-hybridized carbons (Fsp3) is 0.435. The van der Waals surface area contributed by atoms with Crippen LogP contribution in [0.2, 0.25) is 0 Å². The van der Waals surface area contributed by atoms with Gasteiger partial charge in [0.1, 0.15) is 0 Å². The van der Waals surface area contributed by atoms with Crippen LogP contribution >= 0.6 is 0 Å². The number of aryl methyl sites for hydroxylation is 1. The number of piperidine rings is 1. The van der Waals surface area contributed by atoms with E-state index in [4.69, 9.17) is 4.74 Å². The average Bonchev–Trinajstić information content (AvgIpc) is 3.07. The molecule has 0 bridgehead atoms. The normalized spacial score (nSPS) is 15.6. The number of rotatable bonds is 4. The fourth-order valence-electron chi connectivity index (χ4n) is 4.34. The molecule has 1 saturated heterocycles. The smallest absolute Gasteiger partial charge is 0.213 e. The predicted octanol–water partition coefficient (Wildman–Crippen LogP) is 5.14. The lowest BCUT2D eigenvalue weighted by atomic mass is 9.88. The second-order valence-corrected chi connectivity index (χ2v) is 7.94. The van der Waals surface area contributed by atoms with Gasteiger partial charge in [-0.1, -0.05) is 19.9 Å². The molecule has 3 aromatic rings. The number of nitrogens with zero attached hydrogens (tertiary/aromatic N) is 1. The van der Waals surface area contributed by atoms with E-state index in [9.17, 15) is 0 Å². The highest BCUT2D eigenvalue weighted by Gasteiger charge is 2.21. The van der Waals surface area contributed by atoms with Gasteiger partial charge in [-0.15, -0.1) is 0 Å². The molecule has 0 spiro atoms. The summed E-state index contributed by atoms with van der Waals surface area (Å²) in [5.41, 5.74) is 7.59. The van der Waals surface area contributed by atoms with Crippen LogP contribution in [0.25, 0.3) is 22.2 Å². The minimum atomic E-state index is 0.426. The first kappa shape index (κ1) is 18.1. The van der Waals surface area contributed by atoms with Crippen molar-refractivity contribution in [3.05, 3.63) is 47.2 Å². The van der Waals surface area contributed by atoms with Gasteiger partial charge in [-0.25, -0.2) is 4.98 Å². The van der Waals surface area contributed by atoms with Crippen LogP contribution in [-0.2, 0) is 0 Å². The van der Waals surface area contributed by atoms with Gasteiger partial charge in [0.25, 0.3) is 0 Å². The molecule has 4 nitrogen and oxygen atoms in total. The zero-order valence-corrected chi connectivity index (χ0v) is 16.7. The topological polar surface area (TPSA) is 49.9 Å². The van der Waals surface area contributed by atoms with Crippen molar-refractivity contribution in [1.82, 2.24) is 15.3 Å². The SMILES string of the molecule is COc1cc(-c2[nH]c3ccc(C4CCNCC4)cc3c2C(C)C)c(C)cn1. The number of pyridine rings is 1. The molecule has 3 heterocycles. The predicted molar refractivity (Wildman–Crippen MR) is 112 cm³/mol. The highest BCUT2D eigenvalue weighted by molar-refractivity contribution is 5.92. The molecule has 0 amide bonds. The van der Waals surface area contributed by atoms with Crippen LogP contribution in [0.15, 0.2) is 30.5 Å². The van der Waals surface area contributed by atoms with E-state index in [2.05, 4.69) is 54.3 Å². The number of H-pyrrole nitrogens is 1. The third-order valence-corrected chi connectivity index (χ3v) is 5.81. The summed E-state index contributed by atoms with van der Waals surface area (Å²) in [4.78, 5) is 8.03. The highest BCUT2D eigenvalue weighted by atomic mass is 16.5. The van der Waals surface area contributed by atoms with E-state index in [1.54, 1.807) is 7.11 Å². The van der Waals surface area contributed by atoms with E-state index in [1.165, 1.54) is 46.1 Å². The number of aromatic nitrogens is 2. The van der Waals surface area contributed by atoms with Crippen molar-refractivity contribution in [3.63, 3.8) is 0 Å². The Morgan fingerprint density at radius 3 is 2.63 bits per heavy atom. The van der Waals surface area contributed by atoms with Crippen molar-refractivity contribution in [1.29, 1.82) is 0 Å². The Morgan fingerprint density at radius 2 is 1.93 bits per heavy atom. The fourth-order valence-corrected chi connectivity index (χ4v) is 4.34. The van der Waals surface area contributed by atoms with Crippen LogP contribution in [0.3, 0.4) is 0 Å². The molecule has 27 heavy (non-hydrogen) atoms. The summed E-state index contributed by atoms with van der Waals surface area (Å²) in [7, 11) is 1.67. The lowest BCUT2D eigenvalue weighted by Gasteiger charge is -2.23. The number of hydrogen-bond donors (Lipinski definition) is 2. The number of fused-ring (bicyclic) bond motifs is 1. The molecule has 4 rings (SSSR count). The minimum Gasteiger partial charge on any atom is -0.481 e. The number of methoxy groups -OCH3 is 1. The van der Waals surface area contributed by atoms with Gasteiger partial charge in [0, 0.05) is 28.7 Å². The van der Waals surface area contributed by atoms with E-state index >= 15 is 0 Å². The molecule has 0 atom stereocenters. The van der Waals surface area contributed by atoms with E-state index in [0.717, 1.165) is 18.7 Å². The van der Waals surface area contributed by atoms with Crippen LogP contribution in [0.1, 0.15) is 55.2 Å². The first-order valence-corrected chi connectivity index (χ1v) is 9.95. The first-order valence-electron chi connectivity index (χ1n) is 9.95. The molecule has 2 N–H and O–H groups in total. The first-order chi connectivity index (χ1) is 13.1. The summed E-state index contributed by atoms with van der Waals surface area (Å²) in [5.74, 6) is 1.74. The van der Waals surface area contributed by atoms with Crippen LogP contribution in [0, 0.1) is 6.92 Å². The zero-order chi connectivity index (χ0) is 19.0. The summed E-state index contributed by atoms with van der Waals surface area (Å²) in [6, 6.07) is 9.03. The Morgan fingerprint density at radius 1 is 1.15 bits per heavy atom. The molecule has 142 valence electrons. The standard InChI is InChI=1S/C23H29N3O/c1-14(2)22-19-11-17(16-7-9-24-10-8-16)5-6-20(19)26-23(22)18-12-21(27-4)25-13-15(18)3/h5-6,11-14,16,24,26H,7-10H2,1-4H3. The highest BCUT2D eigenvalue weighted by Crippen LogP contribution is 2.39. The van der Waals surface area contributed by atoms with Gasteiger partial charge >= 0.3 is 0 Å². The van der Waals surface area contributed by atoms with Gasteiger partial charge in [-0.3, -0.25) is 0 Å². The van der Waals surface area contributed by atoms with Crippen LogP contribution in [-0.4, -0.2) is 30.2 Å². The summed E-state index contributed by atoms with van der Waals surface area (Å²) < 4.78 is 5.37. The summed E-state index contributed by atoms with van der Waals surface area (Å²) in [6.07, 6.45) is 4.34. The van der Waals surface area contributed by atoms with Crippen molar-refractivity contribution in [3.8, 4) is 17.1 Å². The molecule has 1 fully saturated rings. The summed E-state index contributed by atoms with van der Waals surface area (Å²) in [5, 5.41) is 4.82. The number of ether oxygens (including phenoxy) is 1. The molecular formula is C23H29N3O. The van der Waals surface area contributed by atoms with Crippen molar-refractivity contribution in [2.45, 2.75) is 45.4 Å². The van der Waals surface area contributed by atoms with E-state index in [0.29, 0.717) is 17.7 Å². The Labute approximate surface area is 161 Å². The largest absolute Gasteiger partial charge is 0.481 e. The summed E-state index contributed by atoms with van der Waals surface area (Å²) >= 11 is 0. The van der Waals surface area contributed by atoms with Crippen molar-refractivity contribution >= 4 is 10.9 Å². The van der Waals surface area contributed by atoms with Crippen molar-refractivity contribution in [2.75, 3.05) is 20.2 Å². The maximum atomic E-state index is 5.37. The molecule has 2 aromatic heterocycles. The van der Waals surface area contributed by atoms with Gasteiger partial charge in [0.05, 0.1) is 12.8 Å². The Kier molecular flexibility index (Phi) is 4.92. The van der Waals surface area contributed by atoms with Crippen LogP contribution < -0.4 is 10.1 Å². The van der Waals surface area contributed by atoms with E-state index < -0.39 is 0 Å². The lowest BCUT2D eigenvalue weighted by Crippen LogP contribution is -2.26. The number of nitrogens with one attached hydrogen (secondary N) is 2. The van der Waals surface area contributed by atoms with Gasteiger partial charge in [0.15, 0.2) is 0 Å². The zero-order valence-electron chi connectivity index (χ0n) is 16.7. The number of aromatic amines is 1. The van der Waals surface area contributed by atoms with Crippen molar-refractivity contribution < 1.29 is 4.74 Å². The second-order valence-electron chi connectivity index (χ2n) is 7.94.